The van der Waals surface area contributed by atoms with E-state index in [4.69, 9.17) is 4.52 Å². The summed E-state index contributed by atoms with van der Waals surface area (Å²) in [6.07, 6.45) is 0.175. The van der Waals surface area contributed by atoms with Crippen molar-refractivity contribution in [3.05, 3.63) is 23.5 Å². The van der Waals surface area contributed by atoms with E-state index in [1.165, 1.54) is 17.0 Å². The molecule has 7 heteroatoms. The van der Waals surface area contributed by atoms with Crippen LogP contribution >= 0.6 is 0 Å². The average Bonchev–Trinajstić information content (AvgIpc) is 2.73. The van der Waals surface area contributed by atoms with Crippen LogP contribution in [0.25, 0.3) is 11.0 Å². The van der Waals surface area contributed by atoms with E-state index < -0.39 is 11.8 Å². The third-order valence-corrected chi connectivity index (χ3v) is 3.04. The molecule has 1 fully saturated rings. The molecular weight excluding hydrogens is 253 g/mol. The minimum Gasteiger partial charge on any atom is -0.354 e. The number of hydrogen-bond donors (Lipinski definition) is 1. The summed E-state index contributed by atoms with van der Waals surface area (Å²) in [5.41, 5.74) is 0.840. The summed E-state index contributed by atoms with van der Waals surface area (Å²) in [7, 11) is 0. The van der Waals surface area contributed by atoms with Crippen LogP contribution in [0, 0.1) is 12.7 Å². The second-order valence-electron chi connectivity index (χ2n) is 4.36. The Hall–Kier alpha value is -2.44. The van der Waals surface area contributed by atoms with Crippen LogP contribution in [0.1, 0.15) is 12.0 Å². The number of halogens is 1. The molecule has 1 N–H and O–H groups in total. The number of carbonyl (C=O) groups is 2. The molecule has 3 rings (SSSR count). The van der Waals surface area contributed by atoms with Crippen LogP contribution in [0.2, 0.25) is 0 Å². The van der Waals surface area contributed by atoms with Crippen molar-refractivity contribution < 1.29 is 18.5 Å². The zero-order valence-electron chi connectivity index (χ0n) is 10.1. The highest BCUT2D eigenvalue weighted by Crippen LogP contribution is 2.29. The van der Waals surface area contributed by atoms with E-state index in [1.807, 2.05) is 0 Å². The van der Waals surface area contributed by atoms with Crippen molar-refractivity contribution in [1.29, 1.82) is 0 Å². The first-order chi connectivity index (χ1) is 9.06. The first kappa shape index (κ1) is 11.6. The predicted octanol–water partition coefficient (Wildman–Crippen LogP) is 1.72. The van der Waals surface area contributed by atoms with Gasteiger partial charge >= 0.3 is 6.03 Å². The third-order valence-electron chi connectivity index (χ3n) is 3.04. The fourth-order valence-electron chi connectivity index (χ4n) is 2.01. The predicted molar refractivity (Wildman–Crippen MR) is 64.2 cm³/mol. The standard InChI is InChI=1S/C12H10FN3O3/c1-6-4-9-7(5-8(6)13)11(15-19-9)16-3-2-10(17)14-12(16)18/h4-5H,2-3H2,1H3,(H,14,17,18). The minimum atomic E-state index is -0.576. The minimum absolute atomic E-state index is 0.175. The van der Waals surface area contributed by atoms with Gasteiger partial charge in [-0.05, 0) is 24.6 Å². The maximum Gasteiger partial charge on any atom is 0.329 e. The number of benzene rings is 1. The molecule has 0 aliphatic carbocycles. The van der Waals surface area contributed by atoms with Crippen LogP contribution in [0.3, 0.4) is 0 Å². The Bertz CT molecular complexity index is 695. The highest BCUT2D eigenvalue weighted by atomic mass is 19.1. The number of amides is 3. The van der Waals surface area contributed by atoms with E-state index in [-0.39, 0.29) is 24.7 Å². The highest BCUT2D eigenvalue weighted by molar-refractivity contribution is 6.08. The summed E-state index contributed by atoms with van der Waals surface area (Å²) in [6.45, 7) is 1.81. The van der Waals surface area contributed by atoms with Gasteiger partial charge < -0.3 is 4.52 Å². The Morgan fingerprint density at radius 2 is 2.21 bits per heavy atom. The quantitative estimate of drug-likeness (QED) is 0.850. The summed E-state index contributed by atoms with van der Waals surface area (Å²) in [6, 6.07) is 2.22. The largest absolute Gasteiger partial charge is 0.354 e. The van der Waals surface area contributed by atoms with E-state index in [0.717, 1.165) is 0 Å². The molecule has 0 bridgehead atoms. The van der Waals surface area contributed by atoms with Gasteiger partial charge in [0.15, 0.2) is 11.4 Å². The number of rotatable bonds is 1. The lowest BCUT2D eigenvalue weighted by atomic mass is 10.1. The van der Waals surface area contributed by atoms with E-state index in [9.17, 15) is 14.0 Å². The molecule has 3 amide bonds. The van der Waals surface area contributed by atoms with Gasteiger partial charge in [-0.2, -0.15) is 0 Å². The lowest BCUT2D eigenvalue weighted by Gasteiger charge is -2.24. The SMILES string of the molecule is Cc1cc2onc(N3CCC(=O)NC3=O)c2cc1F. The van der Waals surface area contributed by atoms with Gasteiger partial charge in [0.25, 0.3) is 0 Å². The topological polar surface area (TPSA) is 75.4 Å². The second-order valence-corrected chi connectivity index (χ2v) is 4.36. The molecular formula is C12H10FN3O3. The molecule has 1 aliphatic rings. The van der Waals surface area contributed by atoms with Crippen molar-refractivity contribution in [3.8, 4) is 0 Å². The summed E-state index contributed by atoms with van der Waals surface area (Å²) >= 11 is 0. The average molecular weight is 263 g/mol. The molecule has 2 aromatic rings. The number of nitrogens with one attached hydrogen (secondary N) is 1. The van der Waals surface area contributed by atoms with E-state index in [1.54, 1.807) is 6.92 Å². The molecule has 0 atom stereocenters. The smallest absolute Gasteiger partial charge is 0.329 e. The number of urea groups is 1. The number of anilines is 1. The van der Waals surface area contributed by atoms with Gasteiger partial charge in [-0.25, -0.2) is 9.18 Å². The van der Waals surface area contributed by atoms with Crippen LogP contribution < -0.4 is 10.2 Å². The normalized spacial score (nSPS) is 16.0. The summed E-state index contributed by atoms with van der Waals surface area (Å²) in [5, 5.41) is 6.38. The van der Waals surface area contributed by atoms with Gasteiger partial charge in [-0.15, -0.1) is 0 Å². The van der Waals surface area contributed by atoms with E-state index in [0.29, 0.717) is 16.5 Å². The molecule has 0 radical (unpaired) electrons. The van der Waals surface area contributed by atoms with Crippen molar-refractivity contribution in [2.45, 2.75) is 13.3 Å². The highest BCUT2D eigenvalue weighted by Gasteiger charge is 2.28. The summed E-state index contributed by atoms with van der Waals surface area (Å²) in [5.74, 6) is -0.514. The van der Waals surface area contributed by atoms with Crippen LogP contribution in [-0.4, -0.2) is 23.6 Å². The van der Waals surface area contributed by atoms with Crippen LogP contribution in [0.15, 0.2) is 16.7 Å². The van der Waals surface area contributed by atoms with Crippen LogP contribution in [-0.2, 0) is 4.79 Å². The van der Waals surface area contributed by atoms with Gasteiger partial charge in [0, 0.05) is 13.0 Å². The number of carbonyl (C=O) groups excluding carboxylic acids is 2. The monoisotopic (exact) mass is 263 g/mol. The van der Waals surface area contributed by atoms with E-state index in [2.05, 4.69) is 10.5 Å². The Morgan fingerprint density at radius 1 is 1.42 bits per heavy atom. The zero-order chi connectivity index (χ0) is 13.6. The number of hydrogen-bond acceptors (Lipinski definition) is 4. The molecule has 0 unspecified atom stereocenters. The molecule has 1 aliphatic heterocycles. The lowest BCUT2D eigenvalue weighted by Crippen LogP contribution is -2.49. The fraction of sp³-hybridized carbons (Fsp3) is 0.250. The Kier molecular flexibility index (Phi) is 2.48. The molecule has 19 heavy (non-hydrogen) atoms. The Morgan fingerprint density at radius 3 is 2.95 bits per heavy atom. The first-order valence-electron chi connectivity index (χ1n) is 5.73. The van der Waals surface area contributed by atoms with Gasteiger partial charge in [-0.3, -0.25) is 15.0 Å². The molecule has 98 valence electrons. The van der Waals surface area contributed by atoms with E-state index >= 15 is 0 Å². The molecule has 0 saturated carbocycles. The number of aromatic nitrogens is 1. The molecule has 6 nitrogen and oxygen atoms in total. The van der Waals surface area contributed by atoms with Gasteiger partial charge in [0.2, 0.25) is 5.91 Å². The number of imide groups is 1. The van der Waals surface area contributed by atoms with Crippen LogP contribution in [0.5, 0.6) is 0 Å². The number of aryl methyl sites for hydroxylation is 1. The van der Waals surface area contributed by atoms with Crippen molar-refractivity contribution in [1.82, 2.24) is 10.5 Å². The van der Waals surface area contributed by atoms with Gasteiger partial charge in [0.05, 0.1) is 5.39 Å². The maximum absolute atomic E-state index is 13.6. The maximum atomic E-state index is 13.6. The summed E-state index contributed by atoms with van der Waals surface area (Å²) in [4.78, 5) is 24.1. The molecule has 1 saturated heterocycles. The molecule has 2 heterocycles. The zero-order valence-corrected chi connectivity index (χ0v) is 10.1. The molecule has 1 aromatic heterocycles. The second kappa shape index (κ2) is 4.04. The molecule has 1 aromatic carbocycles. The van der Waals surface area contributed by atoms with Crippen molar-refractivity contribution in [2.75, 3.05) is 11.4 Å². The van der Waals surface area contributed by atoms with Gasteiger partial charge in [-0.1, -0.05) is 5.16 Å². The van der Waals surface area contributed by atoms with Crippen molar-refractivity contribution in [2.24, 2.45) is 0 Å². The van der Waals surface area contributed by atoms with Crippen molar-refractivity contribution >= 4 is 28.7 Å². The Balaban J connectivity index is 2.08. The van der Waals surface area contributed by atoms with Crippen molar-refractivity contribution in [3.63, 3.8) is 0 Å². The first-order valence-corrected chi connectivity index (χ1v) is 5.73. The lowest BCUT2D eigenvalue weighted by molar-refractivity contribution is -0.120. The fourth-order valence-corrected chi connectivity index (χ4v) is 2.01. The number of nitrogens with zero attached hydrogens (tertiary/aromatic N) is 2. The van der Waals surface area contributed by atoms with Gasteiger partial charge in [0.1, 0.15) is 5.82 Å². The molecule has 0 spiro atoms. The van der Waals surface area contributed by atoms with Crippen LogP contribution in [0.4, 0.5) is 15.0 Å². The Labute approximate surface area is 107 Å². The summed E-state index contributed by atoms with van der Waals surface area (Å²) < 4.78 is 18.7. The number of fused-ring (bicyclic) bond motifs is 1. The third kappa shape index (κ3) is 1.83.